The molecule has 0 bridgehead atoms. The summed E-state index contributed by atoms with van der Waals surface area (Å²) in [5, 5.41) is 0. The highest BCUT2D eigenvalue weighted by Gasteiger charge is 2.05. The third kappa shape index (κ3) is 7.14. The Morgan fingerprint density at radius 1 is 1.08 bits per heavy atom. The van der Waals surface area contributed by atoms with Crippen LogP contribution in [0.2, 0.25) is 0 Å². The Bertz CT molecular complexity index is 190. The minimum Gasteiger partial charge on any atom is -0.435 e. The summed E-state index contributed by atoms with van der Waals surface area (Å²) in [7, 11) is 0. The molecule has 0 saturated carbocycles. The van der Waals surface area contributed by atoms with E-state index in [1.54, 1.807) is 0 Å². The highest BCUT2D eigenvalue weighted by Crippen LogP contribution is 2.01. The molecule has 5 heteroatoms. The lowest BCUT2D eigenvalue weighted by Crippen LogP contribution is -2.08. The van der Waals surface area contributed by atoms with Gasteiger partial charge in [0, 0.05) is 0 Å². The molecule has 0 amide bonds. The molecule has 4 nitrogen and oxygen atoms in total. The number of carbonyl (C=O) groups is 2. The van der Waals surface area contributed by atoms with Crippen LogP contribution in [0.5, 0.6) is 0 Å². The second kappa shape index (κ2) is 7.42. The minimum absolute atomic E-state index is 0.0955. The first-order valence-corrected chi connectivity index (χ1v) is 4.54. The second-order valence-corrected chi connectivity index (χ2v) is 2.79. The summed E-state index contributed by atoms with van der Waals surface area (Å²) >= 11 is 1.10. The van der Waals surface area contributed by atoms with Crippen molar-refractivity contribution in [3.05, 3.63) is 25.7 Å². The lowest BCUT2D eigenvalue weighted by Gasteiger charge is -1.98. The first kappa shape index (κ1) is 11.8. The number of esters is 2. The zero-order valence-corrected chi connectivity index (χ0v) is 7.84. The van der Waals surface area contributed by atoms with Gasteiger partial charge in [-0.05, 0) is 0 Å². The van der Waals surface area contributed by atoms with Gasteiger partial charge in [-0.25, -0.2) is 0 Å². The summed E-state index contributed by atoms with van der Waals surface area (Å²) in [6.07, 6.45) is 2.09. The largest absolute Gasteiger partial charge is 0.435 e. The van der Waals surface area contributed by atoms with E-state index in [1.807, 2.05) is 0 Å². The topological polar surface area (TPSA) is 52.6 Å². The van der Waals surface area contributed by atoms with Crippen LogP contribution in [-0.2, 0) is 19.1 Å². The van der Waals surface area contributed by atoms with E-state index in [0.717, 1.165) is 24.3 Å². The highest BCUT2D eigenvalue weighted by molar-refractivity contribution is 8.00. The van der Waals surface area contributed by atoms with Crippen molar-refractivity contribution in [3.8, 4) is 0 Å². The van der Waals surface area contributed by atoms with Crippen LogP contribution < -0.4 is 0 Å². The van der Waals surface area contributed by atoms with Gasteiger partial charge in [0.05, 0.1) is 24.0 Å². The maximum absolute atomic E-state index is 10.7. The number of hydrogen-bond acceptors (Lipinski definition) is 5. The third-order valence-corrected chi connectivity index (χ3v) is 1.75. The van der Waals surface area contributed by atoms with Crippen LogP contribution in [0.15, 0.2) is 25.7 Å². The molecule has 0 aliphatic carbocycles. The molecule has 0 N–H and O–H groups in total. The fourth-order valence-corrected chi connectivity index (χ4v) is 1.04. The van der Waals surface area contributed by atoms with Crippen LogP contribution in [0.25, 0.3) is 0 Å². The molecule has 0 aromatic carbocycles. The van der Waals surface area contributed by atoms with Gasteiger partial charge in [0.25, 0.3) is 0 Å². The van der Waals surface area contributed by atoms with E-state index in [2.05, 4.69) is 22.6 Å². The molecule has 0 aliphatic rings. The molecule has 0 aliphatic heterocycles. The molecule has 0 spiro atoms. The Morgan fingerprint density at radius 3 is 1.77 bits per heavy atom. The van der Waals surface area contributed by atoms with Gasteiger partial charge in [-0.1, -0.05) is 13.2 Å². The van der Waals surface area contributed by atoms with Crippen molar-refractivity contribution < 1.29 is 19.1 Å². The molecule has 0 aromatic heterocycles. The third-order valence-electron chi connectivity index (χ3n) is 0.869. The van der Waals surface area contributed by atoms with E-state index >= 15 is 0 Å². The summed E-state index contributed by atoms with van der Waals surface area (Å²) in [5.74, 6) is -0.686. The van der Waals surface area contributed by atoms with E-state index in [1.165, 1.54) is 0 Å². The van der Waals surface area contributed by atoms with Gasteiger partial charge < -0.3 is 9.47 Å². The van der Waals surface area contributed by atoms with Gasteiger partial charge in [0.2, 0.25) is 0 Å². The van der Waals surface area contributed by atoms with Gasteiger partial charge in [-0.2, -0.15) is 0 Å². The lowest BCUT2D eigenvalue weighted by atomic mass is 10.8. The minimum atomic E-state index is -0.439. The molecular weight excluding hydrogens is 192 g/mol. The van der Waals surface area contributed by atoms with Crippen molar-refractivity contribution in [1.29, 1.82) is 0 Å². The van der Waals surface area contributed by atoms with Crippen LogP contribution in [0.4, 0.5) is 0 Å². The van der Waals surface area contributed by atoms with Gasteiger partial charge in [-0.15, -0.1) is 11.8 Å². The molecular formula is C8H10O4S. The molecule has 13 heavy (non-hydrogen) atoms. The smallest absolute Gasteiger partial charge is 0.320 e. The second-order valence-electron chi connectivity index (χ2n) is 1.81. The molecule has 0 radical (unpaired) electrons. The van der Waals surface area contributed by atoms with Crippen LogP contribution in [0.1, 0.15) is 0 Å². The molecule has 0 unspecified atom stereocenters. The maximum atomic E-state index is 10.7. The van der Waals surface area contributed by atoms with Crippen molar-refractivity contribution in [2.45, 2.75) is 0 Å². The number of thioether (sulfide) groups is 1. The maximum Gasteiger partial charge on any atom is 0.320 e. The molecule has 0 rings (SSSR count). The van der Waals surface area contributed by atoms with Crippen molar-refractivity contribution in [1.82, 2.24) is 0 Å². The number of carbonyl (C=O) groups excluding carboxylic acids is 2. The van der Waals surface area contributed by atoms with E-state index < -0.39 is 11.9 Å². The molecule has 0 saturated heterocycles. The molecule has 0 atom stereocenters. The number of ether oxygens (including phenoxy) is 2. The fourth-order valence-electron chi connectivity index (χ4n) is 0.472. The monoisotopic (exact) mass is 202 g/mol. The zero-order valence-electron chi connectivity index (χ0n) is 7.02. The van der Waals surface area contributed by atoms with E-state index in [0.29, 0.717) is 0 Å². The van der Waals surface area contributed by atoms with Gasteiger partial charge in [0.15, 0.2) is 0 Å². The van der Waals surface area contributed by atoms with Crippen LogP contribution >= 0.6 is 11.8 Å². The van der Waals surface area contributed by atoms with E-state index in [4.69, 9.17) is 0 Å². The summed E-state index contributed by atoms with van der Waals surface area (Å²) in [6, 6.07) is 0. The van der Waals surface area contributed by atoms with E-state index in [-0.39, 0.29) is 11.5 Å². The Labute approximate surface area is 80.6 Å². The summed E-state index contributed by atoms with van der Waals surface area (Å²) in [5.41, 5.74) is 0. The summed E-state index contributed by atoms with van der Waals surface area (Å²) < 4.78 is 8.83. The van der Waals surface area contributed by atoms with Crippen molar-refractivity contribution in [3.63, 3.8) is 0 Å². The van der Waals surface area contributed by atoms with E-state index in [9.17, 15) is 9.59 Å². The van der Waals surface area contributed by atoms with Crippen LogP contribution in [0, 0.1) is 0 Å². The van der Waals surface area contributed by atoms with Gasteiger partial charge >= 0.3 is 11.9 Å². The first-order chi connectivity index (χ1) is 6.20. The van der Waals surface area contributed by atoms with Crippen molar-refractivity contribution in [2.75, 3.05) is 11.5 Å². The van der Waals surface area contributed by atoms with Crippen molar-refractivity contribution >= 4 is 23.7 Å². The summed E-state index contributed by atoms with van der Waals surface area (Å²) in [4.78, 5) is 21.4. The Hall–Kier alpha value is -1.23. The fraction of sp³-hybridized carbons (Fsp3) is 0.250. The van der Waals surface area contributed by atoms with Gasteiger partial charge in [0.1, 0.15) is 0 Å². The number of rotatable bonds is 6. The predicted molar refractivity (Wildman–Crippen MR) is 49.9 cm³/mol. The Balaban J connectivity index is 3.43. The number of hydrogen-bond donors (Lipinski definition) is 0. The average Bonchev–Trinajstić information content (AvgIpc) is 2.05. The van der Waals surface area contributed by atoms with Crippen LogP contribution in [-0.4, -0.2) is 23.4 Å². The van der Waals surface area contributed by atoms with Crippen molar-refractivity contribution in [2.24, 2.45) is 0 Å². The van der Waals surface area contributed by atoms with Crippen LogP contribution in [0.3, 0.4) is 0 Å². The molecule has 0 heterocycles. The Kier molecular flexibility index (Phi) is 6.72. The normalized spacial score (nSPS) is 8.62. The Morgan fingerprint density at radius 2 is 1.46 bits per heavy atom. The molecule has 0 aromatic rings. The molecule has 0 fully saturated rings. The quantitative estimate of drug-likeness (QED) is 0.476. The zero-order chi connectivity index (χ0) is 10.1. The lowest BCUT2D eigenvalue weighted by molar-refractivity contribution is -0.135. The SMILES string of the molecule is C=COC(=O)CSCC(=O)OC=C. The summed E-state index contributed by atoms with van der Waals surface area (Å²) in [6.45, 7) is 6.43. The standard InChI is InChI=1S/C8H10O4S/c1-3-11-7(9)5-13-6-8(10)12-4-2/h3-4H,1-2,5-6H2. The first-order valence-electron chi connectivity index (χ1n) is 3.39. The van der Waals surface area contributed by atoms with Gasteiger partial charge in [-0.3, -0.25) is 9.59 Å². The highest BCUT2D eigenvalue weighted by atomic mass is 32.2. The average molecular weight is 202 g/mol. The predicted octanol–water partition coefficient (Wildman–Crippen LogP) is 1.09. The molecule has 72 valence electrons.